The van der Waals surface area contributed by atoms with Crippen LogP contribution in [0.5, 0.6) is 11.5 Å². The number of phenolic OH excluding ortho intramolecular Hbond substituents is 1. The summed E-state index contributed by atoms with van der Waals surface area (Å²) in [6, 6.07) is 14.7. The topological polar surface area (TPSA) is 29.5 Å². The van der Waals surface area contributed by atoms with Gasteiger partial charge in [0.25, 0.3) is 0 Å². The Bertz CT molecular complexity index is 469. The van der Waals surface area contributed by atoms with Crippen LogP contribution in [-0.2, 0) is 6.61 Å². The second-order valence-corrected chi connectivity index (χ2v) is 3.79. The minimum absolute atomic E-state index is 0.0345. The molecule has 0 saturated heterocycles. The van der Waals surface area contributed by atoms with Crippen LogP contribution in [-0.4, -0.2) is 5.11 Å². The molecule has 0 fully saturated rings. The van der Waals surface area contributed by atoms with Crippen molar-refractivity contribution in [2.24, 2.45) is 0 Å². The number of ether oxygens (including phenoxy) is 1. The highest BCUT2D eigenvalue weighted by Crippen LogP contribution is 2.27. The Morgan fingerprint density at radius 2 is 1.81 bits per heavy atom. The number of halogens is 1. The molecule has 0 unspecified atom stereocenters. The maximum atomic E-state index is 9.39. The van der Waals surface area contributed by atoms with Gasteiger partial charge in [-0.3, -0.25) is 0 Å². The molecule has 0 bridgehead atoms. The lowest BCUT2D eigenvalue weighted by Crippen LogP contribution is -1.94. The Morgan fingerprint density at radius 1 is 1.06 bits per heavy atom. The van der Waals surface area contributed by atoms with Crippen LogP contribution in [0, 0.1) is 0 Å². The molecule has 82 valence electrons. The molecule has 0 aliphatic heterocycles. The third-order valence-corrected chi connectivity index (χ3v) is 2.49. The zero-order chi connectivity index (χ0) is 11.4. The van der Waals surface area contributed by atoms with Crippen molar-refractivity contribution in [3.05, 3.63) is 59.1 Å². The van der Waals surface area contributed by atoms with Crippen molar-refractivity contribution in [2.75, 3.05) is 0 Å². The van der Waals surface area contributed by atoms with Gasteiger partial charge in [-0.25, -0.2) is 0 Å². The Labute approximate surface area is 99.1 Å². The van der Waals surface area contributed by atoms with Crippen LogP contribution in [0.4, 0.5) is 0 Å². The number of aromatic hydroxyl groups is 1. The second kappa shape index (κ2) is 4.90. The monoisotopic (exact) mass is 234 g/mol. The first-order valence-electron chi connectivity index (χ1n) is 4.91. The summed E-state index contributed by atoms with van der Waals surface area (Å²) in [6.07, 6.45) is 0. The van der Waals surface area contributed by atoms with E-state index in [0.29, 0.717) is 17.4 Å². The summed E-state index contributed by atoms with van der Waals surface area (Å²) < 4.78 is 5.51. The minimum atomic E-state index is 0.0345. The van der Waals surface area contributed by atoms with Gasteiger partial charge < -0.3 is 9.84 Å². The SMILES string of the molecule is Oc1cc(OCc2ccccc2)ccc1Cl. The van der Waals surface area contributed by atoms with Gasteiger partial charge in [-0.1, -0.05) is 41.9 Å². The second-order valence-electron chi connectivity index (χ2n) is 3.39. The first kappa shape index (κ1) is 10.8. The molecule has 0 aliphatic rings. The molecule has 0 aromatic heterocycles. The number of phenols is 1. The molecule has 0 radical (unpaired) electrons. The van der Waals surface area contributed by atoms with Crippen LogP contribution < -0.4 is 4.74 Å². The highest BCUT2D eigenvalue weighted by Gasteiger charge is 2.00. The number of hydrogen-bond donors (Lipinski definition) is 1. The molecule has 2 rings (SSSR count). The molecule has 0 atom stereocenters. The average Bonchev–Trinajstić information content (AvgIpc) is 2.32. The molecule has 0 aliphatic carbocycles. The molecule has 2 aromatic rings. The lowest BCUT2D eigenvalue weighted by Gasteiger charge is -2.06. The third-order valence-electron chi connectivity index (χ3n) is 2.17. The molecule has 2 nitrogen and oxygen atoms in total. The van der Waals surface area contributed by atoms with Crippen LogP contribution in [0.3, 0.4) is 0 Å². The lowest BCUT2D eigenvalue weighted by atomic mass is 10.2. The first-order chi connectivity index (χ1) is 7.75. The highest BCUT2D eigenvalue weighted by atomic mass is 35.5. The van der Waals surface area contributed by atoms with Gasteiger partial charge in [0.15, 0.2) is 0 Å². The van der Waals surface area contributed by atoms with Crippen LogP contribution in [0.25, 0.3) is 0 Å². The molecule has 0 amide bonds. The molecule has 0 spiro atoms. The van der Waals surface area contributed by atoms with Gasteiger partial charge in [-0.05, 0) is 17.7 Å². The van der Waals surface area contributed by atoms with E-state index in [-0.39, 0.29) is 5.75 Å². The van der Waals surface area contributed by atoms with Gasteiger partial charge in [-0.2, -0.15) is 0 Å². The van der Waals surface area contributed by atoms with Crippen molar-refractivity contribution < 1.29 is 9.84 Å². The molecule has 2 aromatic carbocycles. The predicted octanol–water partition coefficient (Wildman–Crippen LogP) is 3.62. The van der Waals surface area contributed by atoms with E-state index in [2.05, 4.69) is 0 Å². The van der Waals surface area contributed by atoms with Crippen molar-refractivity contribution >= 4 is 11.6 Å². The van der Waals surface area contributed by atoms with E-state index in [1.807, 2.05) is 30.3 Å². The van der Waals surface area contributed by atoms with Crippen LogP contribution in [0.15, 0.2) is 48.5 Å². The smallest absolute Gasteiger partial charge is 0.137 e. The van der Waals surface area contributed by atoms with Crippen LogP contribution >= 0.6 is 11.6 Å². The van der Waals surface area contributed by atoms with Crippen molar-refractivity contribution in [2.45, 2.75) is 6.61 Å². The fourth-order valence-corrected chi connectivity index (χ4v) is 1.44. The van der Waals surface area contributed by atoms with Gasteiger partial charge in [0, 0.05) is 6.07 Å². The van der Waals surface area contributed by atoms with Crippen molar-refractivity contribution in [1.29, 1.82) is 0 Å². The van der Waals surface area contributed by atoms with Gasteiger partial charge in [0.2, 0.25) is 0 Å². The van der Waals surface area contributed by atoms with Crippen LogP contribution in [0.1, 0.15) is 5.56 Å². The molecule has 16 heavy (non-hydrogen) atoms. The van der Waals surface area contributed by atoms with Gasteiger partial charge >= 0.3 is 0 Å². The molecule has 0 heterocycles. The summed E-state index contributed by atoms with van der Waals surface area (Å²) in [7, 11) is 0. The number of hydrogen-bond acceptors (Lipinski definition) is 2. The molecular formula is C13H11ClO2. The third kappa shape index (κ3) is 2.67. The van der Waals surface area contributed by atoms with Crippen LogP contribution in [0.2, 0.25) is 5.02 Å². The summed E-state index contributed by atoms with van der Waals surface area (Å²) >= 11 is 5.69. The molecule has 1 N–H and O–H groups in total. The molecule has 3 heteroatoms. The van der Waals surface area contributed by atoms with E-state index in [9.17, 15) is 5.11 Å². The van der Waals surface area contributed by atoms with E-state index in [4.69, 9.17) is 16.3 Å². The maximum absolute atomic E-state index is 9.39. The Morgan fingerprint density at radius 3 is 2.50 bits per heavy atom. The summed E-state index contributed by atoms with van der Waals surface area (Å²) in [5.41, 5.74) is 1.08. The first-order valence-corrected chi connectivity index (χ1v) is 5.29. The van der Waals surface area contributed by atoms with E-state index < -0.39 is 0 Å². The fourth-order valence-electron chi connectivity index (χ4n) is 1.32. The van der Waals surface area contributed by atoms with Gasteiger partial charge in [0.05, 0.1) is 5.02 Å². The van der Waals surface area contributed by atoms with Crippen molar-refractivity contribution in [1.82, 2.24) is 0 Å². The largest absolute Gasteiger partial charge is 0.506 e. The molecular weight excluding hydrogens is 224 g/mol. The van der Waals surface area contributed by atoms with E-state index in [1.165, 1.54) is 6.07 Å². The standard InChI is InChI=1S/C13H11ClO2/c14-12-7-6-11(8-13(12)15)16-9-10-4-2-1-3-5-10/h1-8,15H,9H2. The fraction of sp³-hybridized carbons (Fsp3) is 0.0769. The van der Waals surface area contributed by atoms with Crippen molar-refractivity contribution in [3.8, 4) is 11.5 Å². The van der Waals surface area contributed by atoms with E-state index in [0.717, 1.165) is 5.56 Å². The normalized spacial score (nSPS) is 10.1. The maximum Gasteiger partial charge on any atom is 0.137 e. The van der Waals surface area contributed by atoms with Crippen molar-refractivity contribution in [3.63, 3.8) is 0 Å². The Kier molecular flexibility index (Phi) is 3.32. The van der Waals surface area contributed by atoms with E-state index in [1.54, 1.807) is 12.1 Å². The Balaban J connectivity index is 2.03. The summed E-state index contributed by atoms with van der Waals surface area (Å²) in [4.78, 5) is 0. The van der Waals surface area contributed by atoms with E-state index >= 15 is 0 Å². The highest BCUT2D eigenvalue weighted by molar-refractivity contribution is 6.32. The zero-order valence-electron chi connectivity index (χ0n) is 8.56. The quantitative estimate of drug-likeness (QED) is 0.879. The summed E-state index contributed by atoms with van der Waals surface area (Å²) in [5.74, 6) is 0.637. The lowest BCUT2D eigenvalue weighted by molar-refractivity contribution is 0.304. The Hall–Kier alpha value is -1.67. The average molecular weight is 235 g/mol. The number of rotatable bonds is 3. The van der Waals surface area contributed by atoms with Gasteiger partial charge in [0.1, 0.15) is 18.1 Å². The number of benzene rings is 2. The minimum Gasteiger partial charge on any atom is -0.506 e. The zero-order valence-corrected chi connectivity index (χ0v) is 9.32. The van der Waals surface area contributed by atoms with Gasteiger partial charge in [-0.15, -0.1) is 0 Å². The molecule has 0 saturated carbocycles. The predicted molar refractivity (Wildman–Crippen MR) is 63.9 cm³/mol. The summed E-state index contributed by atoms with van der Waals surface area (Å²) in [5, 5.41) is 9.71. The summed E-state index contributed by atoms with van der Waals surface area (Å²) in [6.45, 7) is 0.474.